The van der Waals surface area contributed by atoms with Crippen molar-refractivity contribution in [3.05, 3.63) is 34.6 Å². The normalized spacial score (nSPS) is 24.9. The fraction of sp³-hybridized carbons (Fsp3) is 0.538. The fourth-order valence-electron chi connectivity index (χ4n) is 2.17. The fourth-order valence-corrected chi connectivity index (χ4v) is 2.54. The van der Waals surface area contributed by atoms with Crippen molar-refractivity contribution in [1.82, 2.24) is 5.32 Å². The van der Waals surface area contributed by atoms with Crippen molar-refractivity contribution in [2.75, 3.05) is 0 Å². The van der Waals surface area contributed by atoms with Crippen molar-refractivity contribution in [2.45, 2.75) is 43.6 Å². The van der Waals surface area contributed by atoms with E-state index in [1.807, 2.05) is 6.07 Å². The molecule has 1 aromatic rings. The minimum Gasteiger partial charge on any atom is -0.310 e. The van der Waals surface area contributed by atoms with Crippen LogP contribution in [0.1, 0.15) is 31.2 Å². The molecule has 94 valence electrons. The van der Waals surface area contributed by atoms with Gasteiger partial charge in [-0.15, -0.1) is 11.6 Å². The molecule has 0 saturated heterocycles. The second kappa shape index (κ2) is 6.03. The molecule has 0 amide bonds. The van der Waals surface area contributed by atoms with Crippen LogP contribution in [0.5, 0.6) is 0 Å². The van der Waals surface area contributed by atoms with Gasteiger partial charge in [0, 0.05) is 18.0 Å². The number of halogens is 3. The summed E-state index contributed by atoms with van der Waals surface area (Å²) in [6, 6.07) is 5.45. The molecule has 0 unspecified atom stereocenters. The van der Waals surface area contributed by atoms with Crippen molar-refractivity contribution in [2.24, 2.45) is 0 Å². The summed E-state index contributed by atoms with van der Waals surface area (Å²) in [4.78, 5) is 0. The topological polar surface area (TPSA) is 12.0 Å². The smallest absolute Gasteiger partial charge is 0.142 e. The van der Waals surface area contributed by atoms with Gasteiger partial charge >= 0.3 is 0 Å². The molecular weight excluding hydrogens is 260 g/mol. The molecule has 0 aromatic heterocycles. The quantitative estimate of drug-likeness (QED) is 0.819. The minimum atomic E-state index is -0.351. The minimum absolute atomic E-state index is 0.177. The van der Waals surface area contributed by atoms with E-state index < -0.39 is 0 Å². The monoisotopic (exact) mass is 275 g/mol. The SMILES string of the molecule is Fc1cc(CNC2CCC(Cl)CC2)ccc1Cl. The lowest BCUT2D eigenvalue weighted by molar-refractivity contribution is 0.376. The van der Waals surface area contributed by atoms with Gasteiger partial charge in [-0.1, -0.05) is 17.7 Å². The van der Waals surface area contributed by atoms with Gasteiger partial charge in [-0.05, 0) is 43.4 Å². The first-order valence-electron chi connectivity index (χ1n) is 5.96. The Hall–Kier alpha value is -0.310. The highest BCUT2D eigenvalue weighted by atomic mass is 35.5. The summed E-state index contributed by atoms with van der Waals surface area (Å²) in [6.45, 7) is 0.686. The molecule has 0 heterocycles. The third kappa shape index (κ3) is 3.84. The molecule has 0 radical (unpaired) electrons. The van der Waals surface area contributed by atoms with Crippen LogP contribution >= 0.6 is 23.2 Å². The summed E-state index contributed by atoms with van der Waals surface area (Å²) in [5, 5.41) is 3.95. The lowest BCUT2D eigenvalue weighted by Crippen LogP contribution is -2.32. The Morgan fingerprint density at radius 1 is 1.24 bits per heavy atom. The summed E-state index contributed by atoms with van der Waals surface area (Å²) in [5.74, 6) is -0.351. The number of hydrogen-bond acceptors (Lipinski definition) is 1. The van der Waals surface area contributed by atoms with Crippen LogP contribution in [0.3, 0.4) is 0 Å². The third-order valence-electron chi connectivity index (χ3n) is 3.24. The maximum atomic E-state index is 13.2. The Labute approximate surface area is 111 Å². The van der Waals surface area contributed by atoms with Gasteiger partial charge in [0.25, 0.3) is 0 Å². The molecule has 4 heteroatoms. The van der Waals surface area contributed by atoms with Gasteiger partial charge in [-0.2, -0.15) is 0 Å². The van der Waals surface area contributed by atoms with Crippen molar-refractivity contribution < 1.29 is 4.39 Å². The molecule has 17 heavy (non-hydrogen) atoms. The van der Waals surface area contributed by atoms with Crippen LogP contribution in [0.15, 0.2) is 18.2 Å². The highest BCUT2D eigenvalue weighted by molar-refractivity contribution is 6.30. The highest BCUT2D eigenvalue weighted by Crippen LogP contribution is 2.23. The van der Waals surface area contributed by atoms with Crippen LogP contribution in [0.25, 0.3) is 0 Å². The van der Waals surface area contributed by atoms with E-state index in [1.54, 1.807) is 6.07 Å². The summed E-state index contributed by atoms with van der Waals surface area (Å²) in [7, 11) is 0. The molecule has 1 fully saturated rings. The molecular formula is C13H16Cl2FN. The van der Waals surface area contributed by atoms with E-state index in [0.29, 0.717) is 18.0 Å². The molecule has 1 saturated carbocycles. The maximum absolute atomic E-state index is 13.2. The van der Waals surface area contributed by atoms with Crippen molar-refractivity contribution >= 4 is 23.2 Å². The van der Waals surface area contributed by atoms with E-state index in [2.05, 4.69) is 5.32 Å². The van der Waals surface area contributed by atoms with Gasteiger partial charge in [0.15, 0.2) is 0 Å². The molecule has 1 nitrogen and oxygen atoms in total. The number of rotatable bonds is 3. The van der Waals surface area contributed by atoms with Crippen LogP contribution in [-0.4, -0.2) is 11.4 Å². The van der Waals surface area contributed by atoms with Crippen molar-refractivity contribution in [3.8, 4) is 0 Å². The summed E-state index contributed by atoms with van der Waals surface area (Å²) in [6.07, 6.45) is 4.33. The van der Waals surface area contributed by atoms with E-state index in [9.17, 15) is 4.39 Å². The number of nitrogens with one attached hydrogen (secondary N) is 1. The molecule has 1 aliphatic rings. The van der Waals surface area contributed by atoms with E-state index in [-0.39, 0.29) is 10.8 Å². The lowest BCUT2D eigenvalue weighted by Gasteiger charge is -2.26. The highest BCUT2D eigenvalue weighted by Gasteiger charge is 2.18. The zero-order valence-electron chi connectivity index (χ0n) is 9.56. The average molecular weight is 276 g/mol. The molecule has 0 spiro atoms. The Bertz CT molecular complexity index is 376. The Balaban J connectivity index is 1.83. The zero-order chi connectivity index (χ0) is 12.3. The van der Waals surface area contributed by atoms with Crippen LogP contribution in [-0.2, 0) is 6.54 Å². The standard InChI is InChI=1S/C13H16Cl2FN/c14-10-2-4-11(5-3-10)17-8-9-1-6-12(15)13(16)7-9/h1,6-7,10-11,17H,2-5,8H2. The summed E-state index contributed by atoms with van der Waals surface area (Å²) in [5.41, 5.74) is 0.930. The third-order valence-corrected chi connectivity index (χ3v) is 3.98. The van der Waals surface area contributed by atoms with Gasteiger partial charge in [-0.3, -0.25) is 0 Å². The maximum Gasteiger partial charge on any atom is 0.142 e. The molecule has 1 aliphatic carbocycles. The van der Waals surface area contributed by atoms with E-state index in [4.69, 9.17) is 23.2 Å². The van der Waals surface area contributed by atoms with Crippen molar-refractivity contribution in [3.63, 3.8) is 0 Å². The van der Waals surface area contributed by atoms with Gasteiger partial charge in [0.1, 0.15) is 5.82 Å². The molecule has 0 aliphatic heterocycles. The Kier molecular flexibility index (Phi) is 4.66. The number of benzene rings is 1. The second-order valence-corrected chi connectivity index (χ2v) is 5.60. The largest absolute Gasteiger partial charge is 0.310 e. The van der Waals surface area contributed by atoms with Gasteiger partial charge < -0.3 is 5.32 Å². The Morgan fingerprint density at radius 3 is 2.59 bits per heavy atom. The predicted molar refractivity (Wildman–Crippen MR) is 70.1 cm³/mol. The van der Waals surface area contributed by atoms with Gasteiger partial charge in [-0.25, -0.2) is 4.39 Å². The first kappa shape index (κ1) is 13.1. The van der Waals surface area contributed by atoms with Crippen LogP contribution in [0, 0.1) is 5.82 Å². The van der Waals surface area contributed by atoms with Crippen LogP contribution in [0.4, 0.5) is 4.39 Å². The molecule has 1 N–H and O–H groups in total. The van der Waals surface area contributed by atoms with Crippen molar-refractivity contribution in [1.29, 1.82) is 0 Å². The number of alkyl halides is 1. The van der Waals surface area contributed by atoms with E-state index >= 15 is 0 Å². The second-order valence-electron chi connectivity index (χ2n) is 4.58. The van der Waals surface area contributed by atoms with Gasteiger partial charge in [0.2, 0.25) is 0 Å². The predicted octanol–water partition coefficient (Wildman–Crippen LogP) is 4.12. The lowest BCUT2D eigenvalue weighted by atomic mass is 9.95. The molecule has 0 atom stereocenters. The zero-order valence-corrected chi connectivity index (χ0v) is 11.1. The van der Waals surface area contributed by atoms with Gasteiger partial charge in [0.05, 0.1) is 5.02 Å². The van der Waals surface area contributed by atoms with E-state index in [0.717, 1.165) is 31.2 Å². The summed E-state index contributed by atoms with van der Waals surface area (Å²) >= 11 is 11.7. The molecule has 1 aromatic carbocycles. The average Bonchev–Trinajstić information content (AvgIpc) is 2.33. The first-order chi connectivity index (χ1) is 8.15. The first-order valence-corrected chi connectivity index (χ1v) is 6.78. The van der Waals surface area contributed by atoms with Crippen LogP contribution < -0.4 is 5.32 Å². The Morgan fingerprint density at radius 2 is 1.94 bits per heavy atom. The molecule has 0 bridgehead atoms. The van der Waals surface area contributed by atoms with E-state index in [1.165, 1.54) is 6.07 Å². The molecule has 2 rings (SSSR count). The number of hydrogen-bond donors (Lipinski definition) is 1. The van der Waals surface area contributed by atoms with Crippen LogP contribution in [0.2, 0.25) is 5.02 Å². The summed E-state index contributed by atoms with van der Waals surface area (Å²) < 4.78 is 13.2.